The smallest absolute Gasteiger partial charge is 0.318 e. The quantitative estimate of drug-likeness (QED) is 0.787. The van der Waals surface area contributed by atoms with Gasteiger partial charge in [0.25, 0.3) is 0 Å². The maximum atomic E-state index is 12.7. The SMILES string of the molecule is CC(C)[C@H](NC(=O)N1CCN(c2ccccc2)CC1)C(=O)NCc1ccccn1. The van der Waals surface area contributed by atoms with Gasteiger partial charge in [-0.05, 0) is 30.2 Å². The number of anilines is 1. The summed E-state index contributed by atoms with van der Waals surface area (Å²) in [7, 11) is 0. The minimum atomic E-state index is -0.585. The molecule has 154 valence electrons. The number of benzene rings is 1. The van der Waals surface area contributed by atoms with E-state index in [2.05, 4.69) is 32.7 Å². The van der Waals surface area contributed by atoms with Crippen molar-refractivity contribution in [1.29, 1.82) is 0 Å². The highest BCUT2D eigenvalue weighted by Crippen LogP contribution is 2.15. The number of hydrogen-bond donors (Lipinski definition) is 2. The molecule has 1 aliphatic heterocycles. The lowest BCUT2D eigenvalue weighted by Crippen LogP contribution is -2.57. The van der Waals surface area contributed by atoms with Crippen LogP contribution in [0.5, 0.6) is 0 Å². The fourth-order valence-corrected chi connectivity index (χ4v) is 3.36. The first-order valence-corrected chi connectivity index (χ1v) is 10.1. The van der Waals surface area contributed by atoms with Gasteiger partial charge in [0.2, 0.25) is 5.91 Å². The second-order valence-electron chi connectivity index (χ2n) is 7.52. The van der Waals surface area contributed by atoms with Crippen molar-refractivity contribution in [2.75, 3.05) is 31.1 Å². The predicted octanol–water partition coefficient (Wildman–Crippen LogP) is 2.25. The fourth-order valence-electron chi connectivity index (χ4n) is 3.36. The van der Waals surface area contributed by atoms with Crippen LogP contribution >= 0.6 is 0 Å². The van der Waals surface area contributed by atoms with Crippen molar-refractivity contribution in [3.63, 3.8) is 0 Å². The van der Waals surface area contributed by atoms with Crippen LogP contribution in [0.3, 0.4) is 0 Å². The third kappa shape index (κ3) is 5.70. The van der Waals surface area contributed by atoms with Crippen molar-refractivity contribution >= 4 is 17.6 Å². The van der Waals surface area contributed by atoms with Crippen molar-refractivity contribution < 1.29 is 9.59 Å². The van der Waals surface area contributed by atoms with E-state index in [1.54, 1.807) is 11.1 Å². The zero-order valence-corrected chi connectivity index (χ0v) is 17.0. The molecule has 0 saturated carbocycles. The van der Waals surface area contributed by atoms with E-state index in [9.17, 15) is 9.59 Å². The van der Waals surface area contributed by atoms with Crippen LogP contribution < -0.4 is 15.5 Å². The second-order valence-corrected chi connectivity index (χ2v) is 7.52. The Morgan fingerprint density at radius 2 is 1.69 bits per heavy atom. The normalized spacial score (nSPS) is 15.1. The largest absolute Gasteiger partial charge is 0.368 e. The number of urea groups is 1. The molecule has 3 rings (SSSR count). The number of hydrogen-bond acceptors (Lipinski definition) is 4. The van der Waals surface area contributed by atoms with Gasteiger partial charge in [-0.15, -0.1) is 0 Å². The number of carbonyl (C=O) groups excluding carboxylic acids is 2. The molecule has 1 aliphatic rings. The summed E-state index contributed by atoms with van der Waals surface area (Å²) in [6.07, 6.45) is 1.69. The molecule has 7 heteroatoms. The lowest BCUT2D eigenvalue weighted by Gasteiger charge is -2.37. The molecule has 0 bridgehead atoms. The zero-order valence-electron chi connectivity index (χ0n) is 17.0. The van der Waals surface area contributed by atoms with Crippen LogP contribution in [0.4, 0.5) is 10.5 Å². The van der Waals surface area contributed by atoms with E-state index in [0.717, 1.165) is 18.8 Å². The molecule has 3 amide bonds. The molecular formula is C22H29N5O2. The molecule has 1 aromatic carbocycles. The minimum absolute atomic E-state index is 0.0201. The van der Waals surface area contributed by atoms with Gasteiger partial charge in [-0.1, -0.05) is 38.1 Å². The van der Waals surface area contributed by atoms with Gasteiger partial charge in [0.05, 0.1) is 12.2 Å². The van der Waals surface area contributed by atoms with E-state index >= 15 is 0 Å². The molecular weight excluding hydrogens is 366 g/mol. The molecule has 2 N–H and O–H groups in total. The van der Waals surface area contributed by atoms with Gasteiger partial charge in [-0.25, -0.2) is 4.79 Å². The topological polar surface area (TPSA) is 77.6 Å². The number of pyridine rings is 1. The van der Waals surface area contributed by atoms with Crippen LogP contribution in [0.2, 0.25) is 0 Å². The minimum Gasteiger partial charge on any atom is -0.368 e. The number of nitrogens with zero attached hydrogens (tertiary/aromatic N) is 3. The van der Waals surface area contributed by atoms with Crippen molar-refractivity contribution in [3.05, 3.63) is 60.4 Å². The van der Waals surface area contributed by atoms with Crippen molar-refractivity contribution in [2.45, 2.75) is 26.4 Å². The summed E-state index contributed by atoms with van der Waals surface area (Å²) >= 11 is 0. The number of rotatable bonds is 6. The number of aromatic nitrogens is 1. The summed E-state index contributed by atoms with van der Waals surface area (Å²) in [6.45, 7) is 7.00. The summed E-state index contributed by atoms with van der Waals surface area (Å²) in [4.78, 5) is 33.6. The Hall–Kier alpha value is -3.09. The summed E-state index contributed by atoms with van der Waals surface area (Å²) in [5.41, 5.74) is 1.95. The van der Waals surface area contributed by atoms with Gasteiger partial charge >= 0.3 is 6.03 Å². The Morgan fingerprint density at radius 3 is 2.31 bits per heavy atom. The van der Waals surface area contributed by atoms with Crippen LogP contribution in [-0.2, 0) is 11.3 Å². The Morgan fingerprint density at radius 1 is 1.00 bits per heavy atom. The Bertz CT molecular complexity index is 789. The van der Waals surface area contributed by atoms with Crippen LogP contribution in [-0.4, -0.2) is 54.0 Å². The average Bonchev–Trinajstić information content (AvgIpc) is 2.77. The summed E-state index contributed by atoms with van der Waals surface area (Å²) in [5.74, 6) is -0.213. The molecule has 0 unspecified atom stereocenters. The van der Waals surface area contributed by atoms with Crippen molar-refractivity contribution in [2.24, 2.45) is 5.92 Å². The van der Waals surface area contributed by atoms with Gasteiger partial charge in [-0.3, -0.25) is 9.78 Å². The fraction of sp³-hybridized carbons (Fsp3) is 0.409. The molecule has 1 fully saturated rings. The predicted molar refractivity (Wildman–Crippen MR) is 113 cm³/mol. The monoisotopic (exact) mass is 395 g/mol. The van der Waals surface area contributed by atoms with Gasteiger partial charge < -0.3 is 20.4 Å². The first-order chi connectivity index (χ1) is 14.0. The third-order valence-corrected chi connectivity index (χ3v) is 5.09. The van der Waals surface area contributed by atoms with Crippen molar-refractivity contribution in [3.8, 4) is 0 Å². The molecule has 0 radical (unpaired) electrons. The van der Waals surface area contributed by atoms with Gasteiger partial charge in [0.15, 0.2) is 0 Å². The van der Waals surface area contributed by atoms with Crippen LogP contribution in [0.1, 0.15) is 19.5 Å². The van der Waals surface area contributed by atoms with Crippen LogP contribution in [0, 0.1) is 5.92 Å². The lowest BCUT2D eigenvalue weighted by molar-refractivity contribution is -0.124. The van der Waals surface area contributed by atoms with E-state index in [1.165, 1.54) is 5.69 Å². The summed E-state index contributed by atoms with van der Waals surface area (Å²) in [5, 5.41) is 5.79. The number of amides is 3. The first-order valence-electron chi connectivity index (χ1n) is 10.1. The highest BCUT2D eigenvalue weighted by Gasteiger charge is 2.28. The highest BCUT2D eigenvalue weighted by atomic mass is 16.2. The molecule has 1 saturated heterocycles. The number of piperazine rings is 1. The number of nitrogens with one attached hydrogen (secondary N) is 2. The van der Waals surface area contributed by atoms with Crippen LogP contribution in [0.25, 0.3) is 0 Å². The van der Waals surface area contributed by atoms with E-state index in [-0.39, 0.29) is 17.9 Å². The van der Waals surface area contributed by atoms with E-state index < -0.39 is 6.04 Å². The Kier molecular flexibility index (Phi) is 7.05. The number of carbonyl (C=O) groups is 2. The highest BCUT2D eigenvalue weighted by molar-refractivity contribution is 5.87. The van der Waals surface area contributed by atoms with Gasteiger partial charge in [-0.2, -0.15) is 0 Å². The van der Waals surface area contributed by atoms with E-state index in [0.29, 0.717) is 19.6 Å². The molecule has 1 aromatic heterocycles. The first kappa shape index (κ1) is 20.6. The third-order valence-electron chi connectivity index (χ3n) is 5.09. The van der Waals surface area contributed by atoms with Crippen LogP contribution in [0.15, 0.2) is 54.7 Å². The Labute approximate surface area is 172 Å². The molecule has 2 heterocycles. The van der Waals surface area contributed by atoms with E-state index in [1.807, 2.05) is 50.2 Å². The molecule has 29 heavy (non-hydrogen) atoms. The van der Waals surface area contributed by atoms with Crippen molar-refractivity contribution in [1.82, 2.24) is 20.5 Å². The maximum Gasteiger partial charge on any atom is 0.318 e. The summed E-state index contributed by atoms with van der Waals surface area (Å²) < 4.78 is 0. The van der Waals surface area contributed by atoms with Gasteiger partial charge in [0.1, 0.15) is 6.04 Å². The molecule has 2 aromatic rings. The van der Waals surface area contributed by atoms with Gasteiger partial charge in [0, 0.05) is 38.1 Å². The zero-order chi connectivity index (χ0) is 20.6. The lowest BCUT2D eigenvalue weighted by atomic mass is 10.0. The Balaban J connectivity index is 1.51. The van der Waals surface area contributed by atoms with E-state index in [4.69, 9.17) is 0 Å². The standard InChI is InChI=1S/C22H29N5O2/c1-17(2)20(21(28)24-16-18-8-6-7-11-23-18)25-22(29)27-14-12-26(13-15-27)19-9-4-3-5-10-19/h3-11,17,20H,12-16H2,1-2H3,(H,24,28)(H,25,29)/t20-/m0/s1. The molecule has 0 aliphatic carbocycles. The molecule has 0 spiro atoms. The summed E-state index contributed by atoms with van der Waals surface area (Å²) in [6, 6.07) is 15.0. The average molecular weight is 396 g/mol. The second kappa shape index (κ2) is 9.91. The maximum absolute atomic E-state index is 12.7. The molecule has 7 nitrogen and oxygen atoms in total. The molecule has 1 atom stereocenters. The number of para-hydroxylation sites is 1.